The van der Waals surface area contributed by atoms with Gasteiger partial charge in [0, 0.05) is 17.8 Å². The highest BCUT2D eigenvalue weighted by Crippen LogP contribution is 2.69. The van der Waals surface area contributed by atoms with Crippen LogP contribution in [0.3, 0.4) is 0 Å². The van der Waals surface area contributed by atoms with Gasteiger partial charge in [0.1, 0.15) is 0 Å². The van der Waals surface area contributed by atoms with Gasteiger partial charge in [-0.25, -0.2) is 0 Å². The van der Waals surface area contributed by atoms with Gasteiger partial charge in [-0.05, 0) is 88.4 Å². The minimum atomic E-state index is -0.748. The summed E-state index contributed by atoms with van der Waals surface area (Å²) in [4.78, 5) is 11.6. The van der Waals surface area contributed by atoms with E-state index in [1.807, 2.05) is 6.92 Å². The molecule has 4 saturated carbocycles. The van der Waals surface area contributed by atoms with Crippen LogP contribution < -0.4 is 0 Å². The first-order valence-corrected chi connectivity index (χ1v) is 11.4. The number of hydrogen-bond donors (Lipinski definition) is 3. The number of fused-ring (bicyclic) bond motifs is 5. The summed E-state index contributed by atoms with van der Waals surface area (Å²) < 4.78 is 5.61. The predicted octanol–water partition coefficient (Wildman–Crippen LogP) is 3.05. The van der Waals surface area contributed by atoms with Gasteiger partial charge in [0.15, 0.2) is 0 Å². The molecule has 5 nitrogen and oxygen atoms in total. The molecule has 9 atom stereocenters. The molecule has 28 heavy (non-hydrogen) atoms. The molecule has 0 radical (unpaired) electrons. The molecule has 0 aromatic carbocycles. The molecule has 1 unspecified atom stereocenters. The minimum absolute atomic E-state index is 0.117. The Bertz CT molecular complexity index is 620. The first-order chi connectivity index (χ1) is 13.1. The highest BCUT2D eigenvalue weighted by Gasteiger charge is 2.68. The summed E-state index contributed by atoms with van der Waals surface area (Å²) >= 11 is 0. The van der Waals surface area contributed by atoms with Crippen molar-refractivity contribution in [2.24, 2.45) is 34.5 Å². The molecule has 3 N–H and O–H groups in total. The summed E-state index contributed by atoms with van der Waals surface area (Å²) in [5, 5.41) is 32.7. The maximum Gasteiger partial charge on any atom is 0.302 e. The van der Waals surface area contributed by atoms with Crippen LogP contribution in [0.5, 0.6) is 0 Å². The summed E-state index contributed by atoms with van der Waals surface area (Å²) in [6, 6.07) is 0. The van der Waals surface area contributed by atoms with Gasteiger partial charge in [0.25, 0.3) is 0 Å². The predicted molar refractivity (Wildman–Crippen MR) is 105 cm³/mol. The van der Waals surface area contributed by atoms with Crippen molar-refractivity contribution in [3.8, 4) is 0 Å². The fourth-order valence-corrected chi connectivity index (χ4v) is 8.33. The summed E-state index contributed by atoms with van der Waals surface area (Å²) in [6.45, 7) is 5.96. The van der Waals surface area contributed by atoms with Gasteiger partial charge in [0.2, 0.25) is 0 Å². The van der Waals surface area contributed by atoms with Crippen LogP contribution in [0.4, 0.5) is 0 Å². The van der Waals surface area contributed by atoms with Gasteiger partial charge < -0.3 is 20.1 Å². The Kier molecular flexibility index (Phi) is 5.12. The average molecular weight is 395 g/mol. The first-order valence-electron chi connectivity index (χ1n) is 11.4. The van der Waals surface area contributed by atoms with Crippen LogP contribution in [-0.4, -0.2) is 45.7 Å². The quantitative estimate of drug-likeness (QED) is 0.641. The van der Waals surface area contributed by atoms with Crippen molar-refractivity contribution >= 4 is 5.97 Å². The molecule has 4 rings (SSSR count). The number of aliphatic hydroxyl groups excluding tert-OH is 2. The van der Waals surface area contributed by atoms with Gasteiger partial charge in [0.05, 0.1) is 24.4 Å². The van der Waals surface area contributed by atoms with Crippen molar-refractivity contribution in [1.82, 2.24) is 0 Å². The van der Waals surface area contributed by atoms with E-state index < -0.39 is 11.7 Å². The zero-order chi connectivity index (χ0) is 20.3. The Morgan fingerprint density at radius 3 is 2.54 bits per heavy atom. The molecule has 0 spiro atoms. The Labute approximate surface area is 168 Å². The van der Waals surface area contributed by atoms with Crippen molar-refractivity contribution in [3.63, 3.8) is 0 Å². The van der Waals surface area contributed by atoms with E-state index in [0.717, 1.165) is 57.8 Å². The third-order valence-corrected chi connectivity index (χ3v) is 9.72. The van der Waals surface area contributed by atoms with Crippen molar-refractivity contribution in [1.29, 1.82) is 0 Å². The number of carbonyl (C=O) groups is 1. The second-order valence-corrected chi connectivity index (χ2v) is 10.7. The minimum Gasteiger partial charge on any atom is -0.465 e. The maximum absolute atomic E-state index is 12.1. The van der Waals surface area contributed by atoms with Gasteiger partial charge in [-0.1, -0.05) is 6.92 Å². The van der Waals surface area contributed by atoms with E-state index >= 15 is 0 Å². The molecule has 5 heteroatoms. The molecule has 0 aliphatic heterocycles. The van der Waals surface area contributed by atoms with Crippen LogP contribution in [-0.2, 0) is 9.53 Å². The third kappa shape index (κ3) is 2.79. The second kappa shape index (κ2) is 6.95. The van der Waals surface area contributed by atoms with Crippen molar-refractivity contribution < 1.29 is 24.9 Å². The fraction of sp³-hybridized carbons (Fsp3) is 0.957. The van der Waals surface area contributed by atoms with Crippen molar-refractivity contribution in [2.45, 2.75) is 96.4 Å². The van der Waals surface area contributed by atoms with E-state index in [-0.39, 0.29) is 34.7 Å². The lowest BCUT2D eigenvalue weighted by Gasteiger charge is -2.64. The largest absolute Gasteiger partial charge is 0.465 e. The van der Waals surface area contributed by atoms with Crippen LogP contribution in [0.1, 0.15) is 78.6 Å². The number of ether oxygens (including phenoxy) is 1. The Balaban J connectivity index is 1.68. The summed E-state index contributed by atoms with van der Waals surface area (Å²) in [5.41, 5.74) is -1.11. The Morgan fingerprint density at radius 1 is 1.11 bits per heavy atom. The standard InChI is InChI=1S/C23H38O5/c1-14(24)18-8-11-23(27)20-5-4-16-12-17(26)6-10-22(16,13-28-15(2)25)19(20)7-9-21(18,23)3/h14,16-20,24,26-27H,4-13H2,1-3H3/t14?,16-,17-,18+,19-,20+,21+,22+,23-/m0/s1. The smallest absolute Gasteiger partial charge is 0.302 e. The maximum atomic E-state index is 12.1. The van der Waals surface area contributed by atoms with Crippen molar-refractivity contribution in [3.05, 3.63) is 0 Å². The normalized spacial score (nSPS) is 51.6. The van der Waals surface area contributed by atoms with Crippen LogP contribution in [0, 0.1) is 34.5 Å². The number of esters is 1. The van der Waals surface area contributed by atoms with E-state index in [9.17, 15) is 20.1 Å². The summed E-state index contributed by atoms with van der Waals surface area (Å²) in [5.74, 6) is 0.782. The van der Waals surface area contributed by atoms with Crippen LogP contribution in [0.2, 0.25) is 0 Å². The molecule has 0 saturated heterocycles. The molecule has 0 aromatic rings. The number of aliphatic hydroxyl groups is 3. The molecule has 0 aromatic heterocycles. The van der Waals surface area contributed by atoms with E-state index in [1.165, 1.54) is 6.92 Å². The molecule has 0 amide bonds. The Morgan fingerprint density at radius 2 is 1.86 bits per heavy atom. The Hall–Kier alpha value is -0.650. The van der Waals surface area contributed by atoms with Gasteiger partial charge in [-0.2, -0.15) is 0 Å². The number of rotatable bonds is 3. The van der Waals surface area contributed by atoms with Gasteiger partial charge in [-0.3, -0.25) is 4.79 Å². The lowest BCUT2D eigenvalue weighted by molar-refractivity contribution is -0.228. The molecule has 4 aliphatic rings. The highest BCUT2D eigenvalue weighted by atomic mass is 16.5. The lowest BCUT2D eigenvalue weighted by atomic mass is 9.43. The van der Waals surface area contributed by atoms with E-state index in [2.05, 4.69) is 6.92 Å². The summed E-state index contributed by atoms with van der Waals surface area (Å²) in [6.07, 6.45) is 7.30. The highest BCUT2D eigenvalue weighted by molar-refractivity contribution is 5.65. The molecular weight excluding hydrogens is 356 g/mol. The van der Waals surface area contributed by atoms with E-state index in [0.29, 0.717) is 18.4 Å². The molecule has 4 fully saturated rings. The zero-order valence-electron chi connectivity index (χ0n) is 17.7. The van der Waals surface area contributed by atoms with Crippen LogP contribution in [0.25, 0.3) is 0 Å². The molecule has 0 bridgehead atoms. The molecule has 160 valence electrons. The SMILES string of the molecule is CC(=O)OC[C@]12CC[C@H](O)C[C@@H]1CC[C@@H]1[C@@H]2CC[C@]2(C)[C@@H](C(C)O)CC[C@]12O. The number of carbonyl (C=O) groups excluding carboxylic acids is 1. The van der Waals surface area contributed by atoms with Gasteiger partial charge in [-0.15, -0.1) is 0 Å². The van der Waals surface area contributed by atoms with E-state index in [1.54, 1.807) is 0 Å². The number of hydrogen-bond acceptors (Lipinski definition) is 5. The third-order valence-electron chi connectivity index (χ3n) is 9.72. The first kappa shape index (κ1) is 20.6. The summed E-state index contributed by atoms with van der Waals surface area (Å²) in [7, 11) is 0. The van der Waals surface area contributed by atoms with Crippen LogP contribution in [0.15, 0.2) is 0 Å². The molecular formula is C23H38O5. The average Bonchev–Trinajstić information content (AvgIpc) is 2.91. The van der Waals surface area contributed by atoms with E-state index in [4.69, 9.17) is 4.74 Å². The lowest BCUT2D eigenvalue weighted by Crippen LogP contribution is -2.64. The zero-order valence-corrected chi connectivity index (χ0v) is 17.7. The topological polar surface area (TPSA) is 87.0 Å². The molecule has 0 heterocycles. The monoisotopic (exact) mass is 394 g/mol. The second-order valence-electron chi connectivity index (χ2n) is 10.7. The van der Waals surface area contributed by atoms with Crippen LogP contribution >= 0.6 is 0 Å². The van der Waals surface area contributed by atoms with Crippen molar-refractivity contribution in [2.75, 3.05) is 6.61 Å². The van der Waals surface area contributed by atoms with Gasteiger partial charge >= 0.3 is 5.97 Å². The fourth-order valence-electron chi connectivity index (χ4n) is 8.33. The molecule has 4 aliphatic carbocycles.